The number of nitrogens with two attached hydrogens (primary N) is 1. The van der Waals surface area contributed by atoms with E-state index < -0.39 is 0 Å². The van der Waals surface area contributed by atoms with Gasteiger partial charge < -0.3 is 11.1 Å². The zero-order valence-corrected chi connectivity index (χ0v) is 16.9. The first-order valence-electron chi connectivity index (χ1n) is 9.12. The number of rotatable bonds is 6. The summed E-state index contributed by atoms with van der Waals surface area (Å²) in [7, 11) is 0. The Morgan fingerprint density at radius 3 is 2.46 bits per heavy atom. The Balaban J connectivity index is 1.81. The van der Waals surface area contributed by atoms with E-state index in [1.54, 1.807) is 35.7 Å². The second kappa shape index (κ2) is 8.35. The van der Waals surface area contributed by atoms with Crippen LogP contribution in [0.2, 0.25) is 0 Å². The summed E-state index contributed by atoms with van der Waals surface area (Å²) in [5, 5.41) is 5.84. The topological polar surface area (TPSA) is 85.1 Å². The Morgan fingerprint density at radius 1 is 1.07 bits per heavy atom. The van der Waals surface area contributed by atoms with Crippen LogP contribution >= 0.6 is 11.3 Å². The maximum Gasteiger partial charge on any atom is 0.253 e. The lowest BCUT2D eigenvalue weighted by atomic mass is 9.96. The number of amides is 1. The van der Waals surface area contributed by atoms with E-state index in [9.17, 15) is 9.59 Å². The van der Waals surface area contributed by atoms with Crippen LogP contribution in [0.15, 0.2) is 54.0 Å². The number of carbonyl (C=O) groups is 2. The lowest BCUT2D eigenvalue weighted by Gasteiger charge is -2.17. The summed E-state index contributed by atoms with van der Waals surface area (Å²) in [6.07, 6.45) is 1.77. The van der Waals surface area contributed by atoms with E-state index in [1.165, 1.54) is 0 Å². The van der Waals surface area contributed by atoms with Gasteiger partial charge in [0.2, 0.25) is 0 Å². The normalized spacial score (nSPS) is 12.0. The number of aromatic nitrogens is 1. The van der Waals surface area contributed by atoms with Crippen molar-refractivity contribution in [2.24, 2.45) is 5.92 Å². The van der Waals surface area contributed by atoms with Gasteiger partial charge in [-0.1, -0.05) is 38.1 Å². The Bertz CT molecular complexity index is 997. The van der Waals surface area contributed by atoms with E-state index in [0.29, 0.717) is 11.1 Å². The van der Waals surface area contributed by atoms with E-state index in [0.717, 1.165) is 16.1 Å². The zero-order chi connectivity index (χ0) is 20.3. The van der Waals surface area contributed by atoms with Crippen molar-refractivity contribution < 1.29 is 9.59 Å². The first-order valence-corrected chi connectivity index (χ1v) is 10.00. The highest BCUT2D eigenvalue weighted by Crippen LogP contribution is 2.26. The maximum atomic E-state index is 12.8. The Labute approximate surface area is 168 Å². The fourth-order valence-corrected chi connectivity index (χ4v) is 3.59. The highest BCUT2D eigenvalue weighted by molar-refractivity contribution is 7.13. The number of Topliss-reactive ketones (excluding diaryl/α,β-unsaturated/α-hetero) is 1. The van der Waals surface area contributed by atoms with Crippen molar-refractivity contribution in [2.45, 2.75) is 26.8 Å². The molecule has 0 fully saturated rings. The number of anilines is 1. The molecule has 1 amide bonds. The van der Waals surface area contributed by atoms with E-state index >= 15 is 0 Å². The van der Waals surface area contributed by atoms with Crippen molar-refractivity contribution in [3.63, 3.8) is 0 Å². The Hall–Kier alpha value is -2.99. The minimum atomic E-state index is -0.303. The van der Waals surface area contributed by atoms with Gasteiger partial charge in [-0.05, 0) is 30.7 Å². The summed E-state index contributed by atoms with van der Waals surface area (Å²) in [5.41, 5.74) is 9.04. The molecular formula is C22H23N3O2S. The Kier molecular flexibility index (Phi) is 5.90. The predicted molar refractivity (Wildman–Crippen MR) is 113 cm³/mol. The van der Waals surface area contributed by atoms with Crippen LogP contribution in [0.3, 0.4) is 0 Å². The van der Waals surface area contributed by atoms with Crippen LogP contribution in [0.4, 0.5) is 5.69 Å². The van der Waals surface area contributed by atoms with Crippen molar-refractivity contribution in [3.05, 3.63) is 70.7 Å². The third kappa shape index (κ3) is 4.12. The van der Waals surface area contributed by atoms with Crippen LogP contribution < -0.4 is 11.1 Å². The molecule has 6 heteroatoms. The molecule has 0 bridgehead atoms. The molecule has 0 spiro atoms. The molecule has 5 nitrogen and oxygen atoms in total. The molecule has 28 heavy (non-hydrogen) atoms. The average Bonchev–Trinajstić information content (AvgIpc) is 3.22. The highest BCUT2D eigenvalue weighted by atomic mass is 32.1. The van der Waals surface area contributed by atoms with Crippen LogP contribution in [0.5, 0.6) is 0 Å². The number of benzene rings is 2. The van der Waals surface area contributed by atoms with Crippen LogP contribution in [-0.4, -0.2) is 16.7 Å². The number of nitrogen functional groups attached to an aromatic ring is 1. The fraction of sp³-hybridized carbons (Fsp3) is 0.227. The maximum absolute atomic E-state index is 12.8. The van der Waals surface area contributed by atoms with Gasteiger partial charge in [-0.15, -0.1) is 11.3 Å². The van der Waals surface area contributed by atoms with Crippen LogP contribution in [0, 0.1) is 5.92 Å². The van der Waals surface area contributed by atoms with Crippen LogP contribution in [0.1, 0.15) is 53.1 Å². The third-order valence-corrected chi connectivity index (χ3v) is 5.38. The molecule has 0 radical (unpaired) electrons. The molecule has 3 N–H and O–H groups in total. The third-order valence-electron chi connectivity index (χ3n) is 4.55. The van der Waals surface area contributed by atoms with Gasteiger partial charge in [0.05, 0.1) is 17.3 Å². The number of nitrogens with zero attached hydrogens (tertiary/aromatic N) is 1. The quantitative estimate of drug-likeness (QED) is 0.469. The average molecular weight is 394 g/mol. The number of thiazole rings is 1. The van der Waals surface area contributed by atoms with E-state index in [2.05, 4.69) is 10.3 Å². The molecule has 0 aliphatic heterocycles. The molecule has 144 valence electrons. The van der Waals surface area contributed by atoms with E-state index in [-0.39, 0.29) is 29.3 Å². The molecule has 0 saturated carbocycles. The van der Waals surface area contributed by atoms with Crippen molar-refractivity contribution in [1.82, 2.24) is 10.3 Å². The second-order valence-corrected chi connectivity index (χ2v) is 7.84. The van der Waals surface area contributed by atoms with E-state index in [1.807, 2.05) is 50.4 Å². The van der Waals surface area contributed by atoms with Gasteiger partial charge in [0.15, 0.2) is 5.78 Å². The summed E-state index contributed by atoms with van der Waals surface area (Å²) in [6, 6.07) is 12.7. The summed E-state index contributed by atoms with van der Waals surface area (Å²) < 4.78 is 0. The number of hydrogen-bond donors (Lipinski definition) is 2. The SMILES string of the molecule is CC(C)C(=O)c1cccc(C(=O)NC(C)c2cccc(-c3nccs3)c2)c1N. The monoisotopic (exact) mass is 393 g/mol. The summed E-state index contributed by atoms with van der Waals surface area (Å²) in [4.78, 5) is 29.4. The van der Waals surface area contributed by atoms with Gasteiger partial charge >= 0.3 is 0 Å². The van der Waals surface area contributed by atoms with Gasteiger partial charge in [-0.2, -0.15) is 0 Å². The standard InChI is InChI=1S/C22H23N3O2S/c1-13(2)20(26)17-8-5-9-18(19(17)23)21(27)25-14(3)15-6-4-7-16(12-15)22-24-10-11-28-22/h4-14H,23H2,1-3H3,(H,25,27). The molecule has 2 aromatic carbocycles. The summed E-state index contributed by atoms with van der Waals surface area (Å²) in [6.45, 7) is 5.54. The molecule has 1 atom stereocenters. The summed E-state index contributed by atoms with van der Waals surface area (Å²) in [5.74, 6) is -0.562. The van der Waals surface area contributed by atoms with Crippen LogP contribution in [0.25, 0.3) is 10.6 Å². The van der Waals surface area contributed by atoms with Crippen molar-refractivity contribution in [1.29, 1.82) is 0 Å². The van der Waals surface area contributed by atoms with E-state index in [4.69, 9.17) is 5.73 Å². The minimum Gasteiger partial charge on any atom is -0.397 e. The lowest BCUT2D eigenvalue weighted by Crippen LogP contribution is -2.28. The highest BCUT2D eigenvalue weighted by Gasteiger charge is 2.20. The van der Waals surface area contributed by atoms with Gasteiger partial charge in [0.1, 0.15) is 5.01 Å². The molecule has 0 aliphatic carbocycles. The number of ketones is 1. The second-order valence-electron chi connectivity index (χ2n) is 6.94. The van der Waals surface area contributed by atoms with Crippen molar-refractivity contribution in [3.8, 4) is 10.6 Å². The fourth-order valence-electron chi connectivity index (χ4n) is 2.95. The first-order chi connectivity index (χ1) is 13.4. The predicted octanol–water partition coefficient (Wildman–Crippen LogP) is 4.72. The molecule has 3 rings (SSSR count). The largest absolute Gasteiger partial charge is 0.397 e. The first kappa shape index (κ1) is 19.8. The number of carbonyl (C=O) groups excluding carboxylic acids is 2. The van der Waals surface area contributed by atoms with Gasteiger partial charge in [0.25, 0.3) is 5.91 Å². The molecule has 1 unspecified atom stereocenters. The molecular weight excluding hydrogens is 370 g/mol. The number of para-hydroxylation sites is 1. The zero-order valence-electron chi connectivity index (χ0n) is 16.1. The number of hydrogen-bond acceptors (Lipinski definition) is 5. The molecule has 3 aromatic rings. The smallest absolute Gasteiger partial charge is 0.253 e. The van der Waals surface area contributed by atoms with Gasteiger partial charge in [-0.25, -0.2) is 4.98 Å². The van der Waals surface area contributed by atoms with Gasteiger partial charge in [-0.3, -0.25) is 9.59 Å². The van der Waals surface area contributed by atoms with Crippen molar-refractivity contribution >= 4 is 28.7 Å². The molecule has 1 aromatic heterocycles. The lowest BCUT2D eigenvalue weighted by molar-refractivity contribution is 0.0939. The molecule has 0 saturated heterocycles. The van der Waals surface area contributed by atoms with Gasteiger partial charge in [0, 0.05) is 28.6 Å². The minimum absolute atomic E-state index is 0.0728. The number of nitrogens with one attached hydrogen (secondary N) is 1. The molecule has 0 aliphatic rings. The van der Waals surface area contributed by atoms with Crippen molar-refractivity contribution in [2.75, 3.05) is 5.73 Å². The van der Waals surface area contributed by atoms with Crippen LogP contribution in [-0.2, 0) is 0 Å². The molecule has 1 heterocycles. The summed E-state index contributed by atoms with van der Waals surface area (Å²) >= 11 is 1.57. The Morgan fingerprint density at radius 2 is 1.79 bits per heavy atom.